The third kappa shape index (κ3) is 3.32. The number of rotatable bonds is 6. The lowest BCUT2D eigenvalue weighted by atomic mass is 10.3. The minimum atomic E-state index is -3.72. The van der Waals surface area contributed by atoms with Gasteiger partial charge in [-0.2, -0.15) is 5.10 Å². The molecule has 2 aromatic heterocycles. The van der Waals surface area contributed by atoms with Gasteiger partial charge in [-0.05, 0) is 18.2 Å². The van der Waals surface area contributed by atoms with Crippen molar-refractivity contribution >= 4 is 10.0 Å². The third-order valence-corrected chi connectivity index (χ3v) is 3.71. The fraction of sp³-hybridized carbons (Fsp3) is 0.273. The van der Waals surface area contributed by atoms with Crippen LogP contribution in [0.5, 0.6) is 0 Å². The van der Waals surface area contributed by atoms with Crippen molar-refractivity contribution < 1.29 is 17.6 Å². The van der Waals surface area contributed by atoms with E-state index in [0.717, 1.165) is 0 Å². The quantitative estimate of drug-likeness (QED) is 0.723. The smallest absolute Gasteiger partial charge is 0.274 e. The van der Waals surface area contributed by atoms with E-state index < -0.39 is 10.0 Å². The summed E-state index contributed by atoms with van der Waals surface area (Å²) in [6.07, 6.45) is 0. The van der Waals surface area contributed by atoms with Crippen molar-refractivity contribution in [2.75, 3.05) is 20.3 Å². The molecule has 0 spiro atoms. The van der Waals surface area contributed by atoms with Crippen molar-refractivity contribution in [2.24, 2.45) is 0 Å². The van der Waals surface area contributed by atoms with Crippen LogP contribution >= 0.6 is 0 Å². The molecular formula is C11H13N3O5S. The zero-order chi connectivity index (χ0) is 14.6. The highest BCUT2D eigenvalue weighted by atomic mass is 32.2. The Bertz CT molecular complexity index is 714. The first-order valence-corrected chi connectivity index (χ1v) is 7.16. The predicted molar refractivity (Wildman–Crippen MR) is 69.6 cm³/mol. The SMILES string of the molecule is COCCNS(=O)(=O)c1ccc(-c2ccc(=O)[nH]n2)o1. The molecule has 108 valence electrons. The van der Waals surface area contributed by atoms with Crippen LogP contribution in [0.15, 0.2) is 38.6 Å². The standard InChI is InChI=1S/C11H13N3O5S/c1-18-7-6-12-20(16,17)11-5-3-9(19-11)8-2-4-10(15)14-13-8/h2-5,12H,6-7H2,1H3,(H,14,15). The first-order chi connectivity index (χ1) is 9.53. The van der Waals surface area contributed by atoms with Crippen molar-refractivity contribution in [1.29, 1.82) is 0 Å². The predicted octanol–water partition coefficient (Wildman–Crippen LogP) is -0.0454. The fourth-order valence-electron chi connectivity index (χ4n) is 1.43. The van der Waals surface area contributed by atoms with E-state index in [-0.39, 0.29) is 29.6 Å². The van der Waals surface area contributed by atoms with Crippen molar-refractivity contribution in [1.82, 2.24) is 14.9 Å². The number of nitrogens with zero attached hydrogens (tertiary/aromatic N) is 1. The molecule has 9 heteroatoms. The van der Waals surface area contributed by atoms with E-state index in [1.165, 1.54) is 31.4 Å². The van der Waals surface area contributed by atoms with Gasteiger partial charge < -0.3 is 9.15 Å². The second-order valence-corrected chi connectivity index (χ2v) is 5.51. The van der Waals surface area contributed by atoms with E-state index in [0.29, 0.717) is 5.69 Å². The topological polar surface area (TPSA) is 114 Å². The molecule has 0 aliphatic rings. The van der Waals surface area contributed by atoms with Crippen LogP contribution in [0, 0.1) is 0 Å². The van der Waals surface area contributed by atoms with Crippen LogP contribution in [0.1, 0.15) is 0 Å². The molecule has 0 saturated carbocycles. The Balaban J connectivity index is 2.20. The van der Waals surface area contributed by atoms with Gasteiger partial charge in [-0.1, -0.05) is 0 Å². The highest BCUT2D eigenvalue weighted by molar-refractivity contribution is 7.89. The molecule has 0 fully saturated rings. The third-order valence-electron chi connectivity index (χ3n) is 2.38. The van der Waals surface area contributed by atoms with Gasteiger partial charge in [0.2, 0.25) is 5.09 Å². The summed E-state index contributed by atoms with van der Waals surface area (Å²) >= 11 is 0. The van der Waals surface area contributed by atoms with Crippen LogP contribution in [0.2, 0.25) is 0 Å². The second-order valence-electron chi connectivity index (χ2n) is 3.82. The molecule has 8 nitrogen and oxygen atoms in total. The molecule has 20 heavy (non-hydrogen) atoms. The summed E-state index contributed by atoms with van der Waals surface area (Å²) in [5.74, 6) is 0.244. The summed E-state index contributed by atoms with van der Waals surface area (Å²) in [5.41, 5.74) is -0.0164. The number of nitrogens with one attached hydrogen (secondary N) is 2. The van der Waals surface area contributed by atoms with Crippen molar-refractivity contribution in [3.63, 3.8) is 0 Å². The Kier molecular flexibility index (Phi) is 4.32. The molecule has 2 heterocycles. The van der Waals surface area contributed by atoms with Gasteiger partial charge in [0.25, 0.3) is 15.6 Å². The van der Waals surface area contributed by atoms with Crippen LogP contribution in [-0.4, -0.2) is 38.9 Å². The number of H-pyrrole nitrogens is 1. The van der Waals surface area contributed by atoms with Gasteiger partial charge in [-0.25, -0.2) is 18.2 Å². The summed E-state index contributed by atoms with van der Waals surface area (Å²) in [4.78, 5) is 10.9. The summed E-state index contributed by atoms with van der Waals surface area (Å²) in [5, 5.41) is 5.77. The maximum Gasteiger partial charge on any atom is 0.274 e. The molecular weight excluding hydrogens is 286 g/mol. The number of methoxy groups -OCH3 is 1. The number of sulfonamides is 1. The van der Waals surface area contributed by atoms with Gasteiger partial charge in [0, 0.05) is 19.7 Å². The van der Waals surface area contributed by atoms with Crippen LogP contribution in [0.4, 0.5) is 0 Å². The monoisotopic (exact) mass is 299 g/mol. The van der Waals surface area contributed by atoms with E-state index >= 15 is 0 Å². The number of ether oxygens (including phenoxy) is 1. The number of aromatic nitrogens is 2. The maximum absolute atomic E-state index is 11.9. The average molecular weight is 299 g/mol. The minimum absolute atomic E-state index is 0.145. The van der Waals surface area contributed by atoms with E-state index in [1.54, 1.807) is 0 Å². The van der Waals surface area contributed by atoms with Gasteiger partial charge in [-0.3, -0.25) is 4.79 Å². The number of furan rings is 1. The van der Waals surface area contributed by atoms with Crippen molar-refractivity contribution in [3.05, 3.63) is 34.6 Å². The fourth-order valence-corrected chi connectivity index (χ4v) is 2.37. The zero-order valence-corrected chi connectivity index (χ0v) is 11.4. The van der Waals surface area contributed by atoms with E-state index in [2.05, 4.69) is 14.9 Å². The van der Waals surface area contributed by atoms with E-state index in [4.69, 9.17) is 9.15 Å². The highest BCUT2D eigenvalue weighted by Crippen LogP contribution is 2.21. The van der Waals surface area contributed by atoms with Gasteiger partial charge in [0.15, 0.2) is 5.76 Å². The Labute approximate surface area is 114 Å². The molecule has 0 atom stereocenters. The Morgan fingerprint density at radius 3 is 2.80 bits per heavy atom. The molecule has 0 aliphatic heterocycles. The molecule has 0 amide bonds. The number of hydrogen-bond acceptors (Lipinski definition) is 6. The molecule has 0 unspecified atom stereocenters. The normalized spacial score (nSPS) is 11.7. The summed E-state index contributed by atoms with van der Waals surface area (Å²) in [6, 6.07) is 5.49. The minimum Gasteiger partial charge on any atom is -0.442 e. The molecule has 0 aromatic carbocycles. The molecule has 0 bridgehead atoms. The summed E-state index contributed by atoms with van der Waals surface area (Å²) in [6.45, 7) is 0.403. The van der Waals surface area contributed by atoms with Crippen LogP contribution < -0.4 is 10.3 Å². The van der Waals surface area contributed by atoms with Crippen LogP contribution in [0.25, 0.3) is 11.5 Å². The summed E-state index contributed by atoms with van der Waals surface area (Å²) in [7, 11) is -2.25. The first kappa shape index (κ1) is 14.4. The maximum atomic E-state index is 11.9. The zero-order valence-electron chi connectivity index (χ0n) is 10.6. The molecule has 2 aromatic rings. The van der Waals surface area contributed by atoms with Gasteiger partial charge >= 0.3 is 0 Å². The average Bonchev–Trinajstić information content (AvgIpc) is 2.90. The lowest BCUT2D eigenvalue weighted by Gasteiger charge is -2.02. The summed E-state index contributed by atoms with van der Waals surface area (Å²) < 4.78 is 36.0. The largest absolute Gasteiger partial charge is 0.442 e. The second kappa shape index (κ2) is 5.99. The lowest BCUT2D eigenvalue weighted by molar-refractivity contribution is 0.204. The van der Waals surface area contributed by atoms with Crippen LogP contribution in [-0.2, 0) is 14.8 Å². The number of aromatic amines is 1. The van der Waals surface area contributed by atoms with Gasteiger partial charge in [-0.15, -0.1) is 0 Å². The first-order valence-electron chi connectivity index (χ1n) is 5.67. The molecule has 0 aliphatic carbocycles. The molecule has 2 N–H and O–H groups in total. The highest BCUT2D eigenvalue weighted by Gasteiger charge is 2.19. The molecule has 0 radical (unpaired) electrons. The Morgan fingerprint density at radius 1 is 1.35 bits per heavy atom. The molecule has 2 rings (SSSR count). The van der Waals surface area contributed by atoms with E-state index in [9.17, 15) is 13.2 Å². The molecule has 0 saturated heterocycles. The van der Waals surface area contributed by atoms with Gasteiger partial charge in [0.05, 0.1) is 6.61 Å². The Morgan fingerprint density at radius 2 is 2.15 bits per heavy atom. The van der Waals surface area contributed by atoms with Crippen molar-refractivity contribution in [2.45, 2.75) is 5.09 Å². The Hall–Kier alpha value is -1.97. The van der Waals surface area contributed by atoms with E-state index in [1.807, 2.05) is 0 Å². The lowest BCUT2D eigenvalue weighted by Crippen LogP contribution is -2.26. The van der Waals surface area contributed by atoms with Crippen molar-refractivity contribution in [3.8, 4) is 11.5 Å². The van der Waals surface area contributed by atoms with Crippen LogP contribution in [0.3, 0.4) is 0 Å². The van der Waals surface area contributed by atoms with Gasteiger partial charge in [0.1, 0.15) is 5.69 Å². The number of hydrogen-bond donors (Lipinski definition) is 2.